The van der Waals surface area contributed by atoms with E-state index in [0.29, 0.717) is 0 Å². The Morgan fingerprint density at radius 1 is 0.521 bits per heavy atom. The van der Waals surface area contributed by atoms with Crippen molar-refractivity contribution < 1.29 is 24.5 Å². The van der Waals surface area contributed by atoms with Crippen LogP contribution >= 0.6 is 0 Å². The first kappa shape index (κ1) is 48.9. The highest BCUT2D eigenvalue weighted by molar-refractivity contribution is 6.11. The van der Waals surface area contributed by atoms with Crippen molar-refractivity contribution in [1.29, 1.82) is 0 Å². The van der Waals surface area contributed by atoms with E-state index in [0.717, 1.165) is 91.1 Å². The predicted octanol–water partition coefficient (Wildman–Crippen LogP) is 12.1. The molecular weight excluding hydrogens is 885 g/mol. The average Bonchev–Trinajstić information content (AvgIpc) is 4.11. The second-order valence-corrected chi connectivity index (χ2v) is 17.3. The van der Waals surface area contributed by atoms with E-state index in [2.05, 4.69) is 56.1 Å². The number of aliphatic hydroxyl groups excluding tert-OH is 1. The maximum absolute atomic E-state index is 12.5. The first-order valence-electron chi connectivity index (χ1n) is 23.5. The minimum absolute atomic E-state index is 0.0332. The lowest BCUT2D eigenvalue weighted by molar-refractivity contribution is -0.145. The number of pyridine rings is 3. The molecule has 3 aromatic heterocycles. The number of nitrogens with zero attached hydrogens (tertiary/aromatic N) is 6. The molecule has 6 heterocycles. The smallest absolute Gasteiger partial charge is 0.307 e. The number of carboxylic acids is 1. The Labute approximate surface area is 414 Å². The largest absolute Gasteiger partial charge is 0.481 e. The molecule has 0 spiro atoms. The number of carboxylic acid groups (broad SMARTS) is 1. The van der Waals surface area contributed by atoms with Crippen molar-refractivity contribution in [3.8, 4) is 0 Å². The number of aliphatic hydroxyl groups is 1. The van der Waals surface area contributed by atoms with Crippen LogP contribution in [0.15, 0.2) is 203 Å². The lowest BCUT2D eigenvalue weighted by Gasteiger charge is -2.14. The Bertz CT molecular complexity index is 3230. The van der Waals surface area contributed by atoms with Crippen LogP contribution in [0.2, 0.25) is 0 Å². The lowest BCUT2D eigenvalue weighted by atomic mass is 9.90. The second-order valence-electron chi connectivity index (χ2n) is 17.3. The van der Waals surface area contributed by atoms with Crippen LogP contribution in [0.5, 0.6) is 0 Å². The fourth-order valence-corrected chi connectivity index (χ4v) is 8.41. The van der Waals surface area contributed by atoms with Gasteiger partial charge in [0.1, 0.15) is 6.61 Å². The van der Waals surface area contributed by atoms with Gasteiger partial charge in [-0.05, 0) is 120 Å². The normalized spacial score (nSPS) is 14.5. The molecule has 3 aliphatic rings. The molecule has 0 saturated carbocycles. The minimum atomic E-state index is -0.827. The number of benzene rings is 5. The first-order valence-corrected chi connectivity index (χ1v) is 23.5. The van der Waals surface area contributed by atoms with Crippen LogP contribution in [0.1, 0.15) is 86.3 Å². The van der Waals surface area contributed by atoms with Gasteiger partial charge < -0.3 is 14.9 Å². The van der Waals surface area contributed by atoms with E-state index in [1.165, 1.54) is 11.1 Å². The van der Waals surface area contributed by atoms with Gasteiger partial charge in [0, 0.05) is 36.8 Å². The van der Waals surface area contributed by atoms with Crippen molar-refractivity contribution in [2.75, 3.05) is 0 Å². The highest BCUT2D eigenvalue weighted by atomic mass is 16.5. The van der Waals surface area contributed by atoms with Crippen molar-refractivity contribution in [2.24, 2.45) is 15.0 Å². The SMILES string of the molecule is Cc1ccnc(C2=Nc3ccccc3C2)c1.Cc1ccnc(C2=Nc3ccccc3C2CC(=O)O)c1.Cc1ccnc(C2=Nc3ccccc3C2CC(=O)OCc2ccccc2)c1.OCc1ccccc1. The summed E-state index contributed by atoms with van der Waals surface area (Å²) in [4.78, 5) is 50.8. The van der Waals surface area contributed by atoms with Crippen molar-refractivity contribution in [3.63, 3.8) is 0 Å². The molecule has 2 unspecified atom stereocenters. The van der Waals surface area contributed by atoms with Crippen molar-refractivity contribution in [3.05, 3.63) is 250 Å². The molecule has 354 valence electrons. The van der Waals surface area contributed by atoms with E-state index in [1.54, 1.807) is 12.4 Å². The Balaban J connectivity index is 0.000000136. The Hall–Kier alpha value is -8.54. The molecule has 0 radical (unpaired) electrons. The topological polar surface area (TPSA) is 160 Å². The van der Waals surface area contributed by atoms with Crippen LogP contribution in [-0.4, -0.2) is 54.2 Å². The van der Waals surface area contributed by atoms with Crippen LogP contribution in [0.4, 0.5) is 17.1 Å². The maximum Gasteiger partial charge on any atom is 0.307 e. The van der Waals surface area contributed by atoms with Gasteiger partial charge in [-0.25, -0.2) is 0 Å². The van der Waals surface area contributed by atoms with Crippen LogP contribution in [-0.2, 0) is 34.0 Å². The Morgan fingerprint density at radius 3 is 1.46 bits per heavy atom. The fourth-order valence-electron chi connectivity index (χ4n) is 8.41. The zero-order valence-electron chi connectivity index (χ0n) is 39.9. The molecule has 0 amide bonds. The molecule has 11 heteroatoms. The van der Waals surface area contributed by atoms with Gasteiger partial charge in [0.05, 0.1) is 70.7 Å². The number of aliphatic carboxylic acids is 1. The van der Waals surface area contributed by atoms with Gasteiger partial charge in [-0.2, -0.15) is 0 Å². The number of carbonyl (C=O) groups excluding carboxylic acids is 1. The number of aromatic nitrogens is 3. The number of hydrogen-bond acceptors (Lipinski definition) is 10. The van der Waals surface area contributed by atoms with E-state index in [4.69, 9.17) is 19.9 Å². The Morgan fingerprint density at radius 2 is 0.972 bits per heavy atom. The maximum atomic E-state index is 12.5. The van der Waals surface area contributed by atoms with Crippen LogP contribution in [0, 0.1) is 20.8 Å². The molecule has 0 aliphatic carbocycles. The lowest BCUT2D eigenvalue weighted by Crippen LogP contribution is -2.17. The molecule has 0 saturated heterocycles. The summed E-state index contributed by atoms with van der Waals surface area (Å²) < 4.78 is 5.50. The molecule has 0 bridgehead atoms. The van der Waals surface area contributed by atoms with Gasteiger partial charge in [0.25, 0.3) is 0 Å². The van der Waals surface area contributed by atoms with Crippen LogP contribution in [0.25, 0.3) is 0 Å². The third-order valence-corrected chi connectivity index (χ3v) is 12.0. The van der Waals surface area contributed by atoms with Gasteiger partial charge >= 0.3 is 11.9 Å². The van der Waals surface area contributed by atoms with Gasteiger partial charge in [0.2, 0.25) is 0 Å². The molecular formula is C60H54N6O5. The summed E-state index contributed by atoms with van der Waals surface area (Å²) >= 11 is 0. The molecule has 2 atom stereocenters. The van der Waals surface area contributed by atoms with Gasteiger partial charge in [-0.15, -0.1) is 0 Å². The van der Waals surface area contributed by atoms with Gasteiger partial charge in [0.15, 0.2) is 0 Å². The third-order valence-electron chi connectivity index (χ3n) is 12.0. The quantitative estimate of drug-likeness (QED) is 0.128. The van der Waals surface area contributed by atoms with E-state index < -0.39 is 5.97 Å². The molecule has 8 aromatic rings. The second kappa shape index (κ2) is 23.7. The van der Waals surface area contributed by atoms with Gasteiger partial charge in [-0.1, -0.05) is 115 Å². The number of aryl methyl sites for hydroxylation is 3. The third kappa shape index (κ3) is 13.0. The van der Waals surface area contributed by atoms with Crippen molar-refractivity contribution in [2.45, 2.75) is 65.1 Å². The van der Waals surface area contributed by atoms with Crippen molar-refractivity contribution in [1.82, 2.24) is 15.0 Å². The number of fused-ring (bicyclic) bond motifs is 3. The number of para-hydroxylation sites is 3. The predicted molar refractivity (Wildman–Crippen MR) is 279 cm³/mol. The highest BCUT2D eigenvalue weighted by Gasteiger charge is 2.32. The average molecular weight is 939 g/mol. The van der Waals surface area contributed by atoms with E-state index >= 15 is 0 Å². The van der Waals surface area contributed by atoms with Gasteiger partial charge in [-0.3, -0.25) is 39.5 Å². The summed E-state index contributed by atoms with van der Waals surface area (Å²) in [5.41, 5.74) is 16.7. The number of rotatable bonds is 10. The van der Waals surface area contributed by atoms with E-state index in [9.17, 15) is 9.59 Å². The number of hydrogen-bond donors (Lipinski definition) is 2. The summed E-state index contributed by atoms with van der Waals surface area (Å²) in [6, 6.07) is 55.0. The number of carbonyl (C=O) groups is 2. The van der Waals surface area contributed by atoms with Crippen LogP contribution in [0.3, 0.4) is 0 Å². The number of esters is 1. The molecule has 11 rings (SSSR count). The summed E-state index contributed by atoms with van der Waals surface area (Å²) in [6.07, 6.45) is 6.53. The summed E-state index contributed by atoms with van der Waals surface area (Å²) in [5, 5.41) is 17.7. The monoisotopic (exact) mass is 938 g/mol. The zero-order valence-corrected chi connectivity index (χ0v) is 39.9. The van der Waals surface area contributed by atoms with E-state index in [1.807, 2.05) is 166 Å². The molecule has 71 heavy (non-hydrogen) atoms. The first-order chi connectivity index (χ1) is 34.6. The molecule has 0 fully saturated rings. The molecule has 2 N–H and O–H groups in total. The molecule has 11 nitrogen and oxygen atoms in total. The molecule has 5 aromatic carbocycles. The van der Waals surface area contributed by atoms with Crippen LogP contribution < -0.4 is 0 Å². The fraction of sp³-hybridized carbons (Fsp3) is 0.167. The summed E-state index contributed by atoms with van der Waals surface area (Å²) in [7, 11) is 0. The summed E-state index contributed by atoms with van der Waals surface area (Å²) in [6.45, 7) is 6.51. The standard InChI is InChI=1S/C23H20N2O2.C16H14N2O2.C14H12N2.C7H8O/c1-16-11-12-24-21(13-16)23-19(18-9-5-6-10-20(18)25-23)14-22(26)27-15-17-7-3-2-4-8-17;1-10-6-7-17-14(8-10)16-12(9-15(19)20)11-4-2-3-5-13(11)18-16;1-10-6-7-15-13(8-10)14-9-11-4-2-3-5-12(11)16-14;8-6-7-4-2-1-3-5-7/h2-13,19H,14-15H2,1H3;2-8,12H,9H2,1H3,(H,19,20);2-8H,9H2,1H3;1-5,8H,6H2. The summed E-state index contributed by atoms with van der Waals surface area (Å²) in [5.74, 6) is -1.43. The zero-order chi connectivity index (χ0) is 49.5. The highest BCUT2D eigenvalue weighted by Crippen LogP contribution is 2.40. The number of aliphatic imine (C=N–C) groups is 3. The van der Waals surface area contributed by atoms with Crippen molar-refractivity contribution >= 4 is 46.1 Å². The number of ether oxygens (including phenoxy) is 1. The van der Waals surface area contributed by atoms with E-state index in [-0.39, 0.29) is 43.9 Å². The Kier molecular flexibility index (Phi) is 16.3. The molecule has 3 aliphatic heterocycles. The minimum Gasteiger partial charge on any atom is -0.481 e.